The summed E-state index contributed by atoms with van der Waals surface area (Å²) in [4.78, 5) is 11.7. The van der Waals surface area contributed by atoms with Crippen molar-refractivity contribution in [3.63, 3.8) is 0 Å². The Bertz CT molecular complexity index is 191. The Balaban J connectivity index is 4.54. The molecule has 0 aliphatic carbocycles. The van der Waals surface area contributed by atoms with Gasteiger partial charge in [0.15, 0.2) is 0 Å². The smallest absolute Gasteiger partial charge is 0.150 e. The molecule has 0 aromatic rings. The zero-order valence-electron chi connectivity index (χ0n) is 8.38. The second-order valence-electron chi connectivity index (χ2n) is 3.07. The number of unbranched alkanes of at least 4 members (excludes halogenated alkanes) is 1. The number of carbonyl (C=O) groups excluding carboxylic acids is 1. The third-order valence-corrected chi connectivity index (χ3v) is 2.25. The van der Waals surface area contributed by atoms with Crippen molar-refractivity contribution in [2.24, 2.45) is 5.41 Å². The monoisotopic (exact) mass is 178 g/mol. The van der Waals surface area contributed by atoms with Crippen molar-refractivity contribution in [2.75, 3.05) is 0 Å². The minimum absolute atomic E-state index is 0.134. The molecule has 72 valence electrons. The summed E-state index contributed by atoms with van der Waals surface area (Å²) >= 11 is 0. The standard InChI is InChI=1S/C12H18O/c1-5-9-10-11(13)12(6-2,7-3)8-4/h6-8H,2-5,9-10H2,1H3. The maximum atomic E-state index is 11.7. The highest BCUT2D eigenvalue weighted by atomic mass is 16.1. The predicted molar refractivity (Wildman–Crippen MR) is 57.6 cm³/mol. The molecule has 0 bridgehead atoms. The first-order chi connectivity index (χ1) is 6.16. The number of carbonyl (C=O) groups is 1. The molecule has 0 aromatic carbocycles. The fraction of sp³-hybridized carbons (Fsp3) is 0.417. The van der Waals surface area contributed by atoms with E-state index in [0.29, 0.717) is 6.42 Å². The van der Waals surface area contributed by atoms with Crippen molar-refractivity contribution in [3.05, 3.63) is 38.0 Å². The molecule has 0 fully saturated rings. The van der Waals surface area contributed by atoms with Gasteiger partial charge in [0.1, 0.15) is 5.78 Å². The van der Waals surface area contributed by atoms with Crippen LogP contribution in [0.3, 0.4) is 0 Å². The molecule has 0 amide bonds. The molecule has 0 saturated heterocycles. The van der Waals surface area contributed by atoms with Crippen LogP contribution in [0.25, 0.3) is 0 Å². The first-order valence-corrected chi connectivity index (χ1v) is 4.61. The summed E-state index contributed by atoms with van der Waals surface area (Å²) in [6.07, 6.45) is 7.31. The van der Waals surface area contributed by atoms with E-state index < -0.39 is 5.41 Å². The normalized spacial score (nSPS) is 10.5. The molecule has 0 N–H and O–H groups in total. The Morgan fingerprint density at radius 2 is 1.69 bits per heavy atom. The molecule has 0 rings (SSSR count). The van der Waals surface area contributed by atoms with Gasteiger partial charge in [-0.3, -0.25) is 4.79 Å². The zero-order valence-corrected chi connectivity index (χ0v) is 8.38. The lowest BCUT2D eigenvalue weighted by Crippen LogP contribution is -2.23. The van der Waals surface area contributed by atoms with Gasteiger partial charge in [-0.15, -0.1) is 19.7 Å². The van der Waals surface area contributed by atoms with E-state index in [1.54, 1.807) is 18.2 Å². The molecule has 0 aliphatic heterocycles. The number of Topliss-reactive ketones (excluding diaryl/α,β-unsaturated/α-hetero) is 1. The first-order valence-electron chi connectivity index (χ1n) is 4.61. The van der Waals surface area contributed by atoms with Crippen molar-refractivity contribution in [2.45, 2.75) is 26.2 Å². The van der Waals surface area contributed by atoms with Gasteiger partial charge < -0.3 is 0 Å². The molecule has 0 aliphatic rings. The summed E-state index contributed by atoms with van der Waals surface area (Å²) in [5, 5.41) is 0. The number of rotatable bonds is 7. The Morgan fingerprint density at radius 1 is 1.23 bits per heavy atom. The van der Waals surface area contributed by atoms with Crippen LogP contribution in [0.15, 0.2) is 38.0 Å². The molecule has 0 aromatic heterocycles. The van der Waals surface area contributed by atoms with E-state index in [1.807, 2.05) is 0 Å². The van der Waals surface area contributed by atoms with E-state index in [-0.39, 0.29) is 5.78 Å². The topological polar surface area (TPSA) is 17.1 Å². The van der Waals surface area contributed by atoms with Gasteiger partial charge in [-0.2, -0.15) is 0 Å². The van der Waals surface area contributed by atoms with Crippen LogP contribution in [0.2, 0.25) is 0 Å². The molecule has 1 heteroatoms. The van der Waals surface area contributed by atoms with Crippen molar-refractivity contribution < 1.29 is 4.79 Å². The van der Waals surface area contributed by atoms with Crippen LogP contribution in [0.1, 0.15) is 26.2 Å². The van der Waals surface area contributed by atoms with Gasteiger partial charge in [0.2, 0.25) is 0 Å². The predicted octanol–water partition coefficient (Wildman–Crippen LogP) is 3.29. The first kappa shape index (κ1) is 11.9. The summed E-state index contributed by atoms with van der Waals surface area (Å²) in [6.45, 7) is 13.0. The van der Waals surface area contributed by atoms with Crippen LogP contribution in [-0.2, 0) is 4.79 Å². The maximum absolute atomic E-state index is 11.7. The van der Waals surface area contributed by atoms with Gasteiger partial charge in [-0.05, 0) is 6.42 Å². The lowest BCUT2D eigenvalue weighted by atomic mass is 9.82. The highest BCUT2D eigenvalue weighted by Crippen LogP contribution is 2.25. The molecular weight excluding hydrogens is 160 g/mol. The molecule has 0 heterocycles. The van der Waals surface area contributed by atoms with E-state index in [4.69, 9.17) is 0 Å². The van der Waals surface area contributed by atoms with Gasteiger partial charge in [-0.25, -0.2) is 0 Å². The van der Waals surface area contributed by atoms with Gasteiger partial charge in [0, 0.05) is 6.42 Å². The quantitative estimate of drug-likeness (QED) is 0.547. The molecular formula is C12H18O. The van der Waals surface area contributed by atoms with Crippen molar-refractivity contribution in [3.8, 4) is 0 Å². The Kier molecular flexibility index (Phi) is 5.05. The van der Waals surface area contributed by atoms with Crippen molar-refractivity contribution >= 4 is 5.78 Å². The summed E-state index contributed by atoms with van der Waals surface area (Å²) in [5.74, 6) is 0.134. The number of hydrogen-bond donors (Lipinski definition) is 0. The summed E-state index contributed by atoms with van der Waals surface area (Å²) in [6, 6.07) is 0. The van der Waals surface area contributed by atoms with Crippen LogP contribution in [-0.4, -0.2) is 5.78 Å². The van der Waals surface area contributed by atoms with Crippen molar-refractivity contribution in [1.29, 1.82) is 0 Å². The van der Waals surface area contributed by atoms with Crippen molar-refractivity contribution in [1.82, 2.24) is 0 Å². The fourth-order valence-corrected chi connectivity index (χ4v) is 1.15. The maximum Gasteiger partial charge on any atom is 0.150 e. The summed E-state index contributed by atoms with van der Waals surface area (Å²) in [5.41, 5.74) is -0.713. The largest absolute Gasteiger partial charge is 0.298 e. The van der Waals surface area contributed by atoms with E-state index in [2.05, 4.69) is 26.7 Å². The van der Waals surface area contributed by atoms with E-state index >= 15 is 0 Å². The average Bonchev–Trinajstić information content (AvgIpc) is 2.18. The minimum atomic E-state index is -0.713. The minimum Gasteiger partial charge on any atom is -0.298 e. The second-order valence-corrected chi connectivity index (χ2v) is 3.07. The van der Waals surface area contributed by atoms with E-state index in [0.717, 1.165) is 12.8 Å². The molecule has 0 radical (unpaired) electrons. The average molecular weight is 178 g/mol. The van der Waals surface area contributed by atoms with Gasteiger partial charge >= 0.3 is 0 Å². The van der Waals surface area contributed by atoms with Gasteiger partial charge in [-0.1, -0.05) is 31.6 Å². The molecule has 13 heavy (non-hydrogen) atoms. The molecule has 1 nitrogen and oxygen atoms in total. The molecule has 0 saturated carbocycles. The highest BCUT2D eigenvalue weighted by molar-refractivity contribution is 5.90. The second kappa shape index (κ2) is 5.52. The Labute approximate surface area is 80.8 Å². The third-order valence-electron chi connectivity index (χ3n) is 2.25. The van der Waals surface area contributed by atoms with Crippen LogP contribution in [0, 0.1) is 5.41 Å². The van der Waals surface area contributed by atoms with Gasteiger partial charge in [0.25, 0.3) is 0 Å². The van der Waals surface area contributed by atoms with Crippen LogP contribution < -0.4 is 0 Å². The van der Waals surface area contributed by atoms with E-state index in [1.165, 1.54) is 0 Å². The number of ketones is 1. The third kappa shape index (κ3) is 2.69. The molecule has 0 unspecified atom stereocenters. The SMILES string of the molecule is C=CC(C=C)(C=C)C(=O)CCCC. The lowest BCUT2D eigenvalue weighted by molar-refractivity contribution is -0.122. The highest BCUT2D eigenvalue weighted by Gasteiger charge is 2.26. The van der Waals surface area contributed by atoms with Crippen LogP contribution >= 0.6 is 0 Å². The number of hydrogen-bond acceptors (Lipinski definition) is 1. The van der Waals surface area contributed by atoms with E-state index in [9.17, 15) is 4.79 Å². The molecule has 0 atom stereocenters. The summed E-state index contributed by atoms with van der Waals surface area (Å²) in [7, 11) is 0. The fourth-order valence-electron chi connectivity index (χ4n) is 1.15. The summed E-state index contributed by atoms with van der Waals surface area (Å²) < 4.78 is 0. The Morgan fingerprint density at radius 3 is 2.00 bits per heavy atom. The number of allylic oxidation sites excluding steroid dienone is 3. The lowest BCUT2D eigenvalue weighted by Gasteiger charge is -2.20. The van der Waals surface area contributed by atoms with Crippen LogP contribution in [0.5, 0.6) is 0 Å². The van der Waals surface area contributed by atoms with Gasteiger partial charge in [0.05, 0.1) is 5.41 Å². The van der Waals surface area contributed by atoms with Crippen LogP contribution in [0.4, 0.5) is 0 Å². The Hall–Kier alpha value is -1.11. The molecule has 0 spiro atoms. The zero-order chi connectivity index (χ0) is 10.3.